The number of H-pyrrole nitrogens is 1. The highest BCUT2D eigenvalue weighted by Gasteiger charge is 2.36. The molecule has 0 saturated carbocycles. The molecule has 27 heavy (non-hydrogen) atoms. The maximum Gasteiger partial charge on any atom is 0.251 e. The van der Waals surface area contributed by atoms with Crippen molar-refractivity contribution in [2.45, 2.75) is 32.0 Å². The van der Waals surface area contributed by atoms with Crippen molar-refractivity contribution >= 4 is 5.91 Å². The van der Waals surface area contributed by atoms with Gasteiger partial charge in [0.2, 0.25) is 0 Å². The SMILES string of the molecule is Cc1nc(C2CC(NC(=O)c3ccccc3)CN2Cc2cccnc2)n[nH]1. The molecule has 0 spiro atoms. The number of aromatic amines is 1. The van der Waals surface area contributed by atoms with E-state index >= 15 is 0 Å². The van der Waals surface area contributed by atoms with Crippen molar-refractivity contribution in [3.8, 4) is 0 Å². The second kappa shape index (κ2) is 7.67. The molecule has 1 amide bonds. The van der Waals surface area contributed by atoms with E-state index in [9.17, 15) is 4.79 Å². The number of benzene rings is 1. The molecule has 1 aromatic carbocycles. The number of nitrogens with zero attached hydrogens (tertiary/aromatic N) is 4. The summed E-state index contributed by atoms with van der Waals surface area (Å²) >= 11 is 0. The van der Waals surface area contributed by atoms with Crippen LogP contribution in [-0.2, 0) is 6.54 Å². The fourth-order valence-corrected chi connectivity index (χ4v) is 3.54. The quantitative estimate of drug-likeness (QED) is 0.727. The van der Waals surface area contributed by atoms with Crippen LogP contribution >= 0.6 is 0 Å². The van der Waals surface area contributed by atoms with Gasteiger partial charge in [-0.05, 0) is 37.1 Å². The molecule has 1 saturated heterocycles. The Labute approximate surface area is 157 Å². The number of hydrogen-bond donors (Lipinski definition) is 2. The average molecular weight is 362 g/mol. The molecule has 2 N–H and O–H groups in total. The molecule has 0 bridgehead atoms. The lowest BCUT2D eigenvalue weighted by Crippen LogP contribution is -2.37. The van der Waals surface area contributed by atoms with Crippen LogP contribution in [-0.4, -0.2) is 43.6 Å². The van der Waals surface area contributed by atoms with Crippen LogP contribution in [0.15, 0.2) is 54.9 Å². The molecular weight excluding hydrogens is 340 g/mol. The molecule has 0 radical (unpaired) electrons. The Kier molecular flexibility index (Phi) is 4.93. The predicted octanol–water partition coefficient (Wildman–Crippen LogP) is 2.25. The molecule has 138 valence electrons. The van der Waals surface area contributed by atoms with Gasteiger partial charge in [0.25, 0.3) is 5.91 Å². The van der Waals surface area contributed by atoms with E-state index in [1.54, 1.807) is 6.20 Å². The predicted molar refractivity (Wildman–Crippen MR) is 101 cm³/mol. The van der Waals surface area contributed by atoms with Gasteiger partial charge in [0.05, 0.1) is 6.04 Å². The maximum absolute atomic E-state index is 12.5. The number of carbonyl (C=O) groups is 1. The minimum atomic E-state index is -0.0475. The Morgan fingerprint density at radius 1 is 1.26 bits per heavy atom. The lowest BCUT2D eigenvalue weighted by Gasteiger charge is -2.21. The minimum absolute atomic E-state index is 0.0400. The van der Waals surface area contributed by atoms with Crippen LogP contribution in [0.2, 0.25) is 0 Å². The molecule has 0 aliphatic carbocycles. The van der Waals surface area contributed by atoms with Gasteiger partial charge in [-0.15, -0.1) is 0 Å². The summed E-state index contributed by atoms with van der Waals surface area (Å²) in [6.45, 7) is 3.38. The number of likely N-dealkylation sites (tertiary alicyclic amines) is 1. The lowest BCUT2D eigenvalue weighted by atomic mass is 10.1. The minimum Gasteiger partial charge on any atom is -0.348 e. The van der Waals surface area contributed by atoms with Crippen molar-refractivity contribution in [2.75, 3.05) is 6.54 Å². The van der Waals surface area contributed by atoms with Crippen LogP contribution < -0.4 is 5.32 Å². The second-order valence-electron chi connectivity index (χ2n) is 6.86. The first-order chi connectivity index (χ1) is 13.2. The fraction of sp³-hybridized carbons (Fsp3) is 0.300. The van der Waals surface area contributed by atoms with E-state index in [0.717, 1.165) is 36.7 Å². The molecule has 1 aliphatic heterocycles. The van der Waals surface area contributed by atoms with Crippen molar-refractivity contribution in [1.29, 1.82) is 0 Å². The van der Waals surface area contributed by atoms with E-state index in [1.807, 2.05) is 49.5 Å². The number of nitrogens with one attached hydrogen (secondary N) is 2. The van der Waals surface area contributed by atoms with Gasteiger partial charge >= 0.3 is 0 Å². The first-order valence-corrected chi connectivity index (χ1v) is 9.07. The zero-order valence-corrected chi connectivity index (χ0v) is 15.2. The first-order valence-electron chi connectivity index (χ1n) is 9.07. The third kappa shape index (κ3) is 4.03. The van der Waals surface area contributed by atoms with E-state index < -0.39 is 0 Å². The Balaban J connectivity index is 1.51. The van der Waals surface area contributed by atoms with Gasteiger partial charge in [0.1, 0.15) is 5.82 Å². The standard InChI is InChI=1S/C20H22N6O/c1-14-22-19(25-24-14)18-10-17(23-20(27)16-7-3-2-4-8-16)13-26(18)12-15-6-5-9-21-11-15/h2-9,11,17-18H,10,12-13H2,1H3,(H,23,27)(H,22,24,25). The van der Waals surface area contributed by atoms with E-state index in [-0.39, 0.29) is 18.0 Å². The Morgan fingerprint density at radius 2 is 2.11 bits per heavy atom. The number of pyridine rings is 1. The number of aryl methyl sites for hydroxylation is 1. The van der Waals surface area contributed by atoms with Crippen molar-refractivity contribution in [1.82, 2.24) is 30.4 Å². The third-order valence-electron chi connectivity index (χ3n) is 4.80. The zero-order chi connectivity index (χ0) is 18.6. The van der Waals surface area contributed by atoms with Gasteiger partial charge in [-0.1, -0.05) is 24.3 Å². The molecule has 2 unspecified atom stereocenters. The smallest absolute Gasteiger partial charge is 0.251 e. The summed E-state index contributed by atoms with van der Waals surface area (Å²) < 4.78 is 0. The Bertz CT molecular complexity index is 895. The van der Waals surface area contributed by atoms with Crippen LogP contribution in [0.5, 0.6) is 0 Å². The molecular formula is C20H22N6O. The highest BCUT2D eigenvalue weighted by atomic mass is 16.1. The van der Waals surface area contributed by atoms with E-state index in [2.05, 4.69) is 36.4 Å². The van der Waals surface area contributed by atoms with Gasteiger partial charge in [-0.2, -0.15) is 5.10 Å². The number of hydrogen-bond acceptors (Lipinski definition) is 5. The monoisotopic (exact) mass is 362 g/mol. The summed E-state index contributed by atoms with van der Waals surface area (Å²) in [5.41, 5.74) is 1.80. The number of amides is 1. The van der Waals surface area contributed by atoms with Gasteiger partial charge < -0.3 is 5.32 Å². The molecule has 3 aromatic rings. The highest BCUT2D eigenvalue weighted by Crippen LogP contribution is 2.31. The van der Waals surface area contributed by atoms with Crippen LogP contribution in [0.4, 0.5) is 0 Å². The summed E-state index contributed by atoms with van der Waals surface area (Å²) in [6.07, 6.45) is 4.42. The summed E-state index contributed by atoms with van der Waals surface area (Å²) in [4.78, 5) is 23.6. The van der Waals surface area contributed by atoms with Gasteiger partial charge in [-0.3, -0.25) is 19.8 Å². The molecule has 7 nitrogen and oxygen atoms in total. The van der Waals surface area contributed by atoms with Crippen molar-refractivity contribution in [2.24, 2.45) is 0 Å². The summed E-state index contributed by atoms with van der Waals surface area (Å²) in [6, 6.07) is 13.4. The molecule has 4 rings (SSSR count). The van der Waals surface area contributed by atoms with E-state index in [4.69, 9.17) is 0 Å². The topological polar surface area (TPSA) is 86.8 Å². The summed E-state index contributed by atoms with van der Waals surface area (Å²) in [7, 11) is 0. The zero-order valence-electron chi connectivity index (χ0n) is 15.2. The van der Waals surface area contributed by atoms with Gasteiger partial charge in [0.15, 0.2) is 5.82 Å². The largest absolute Gasteiger partial charge is 0.348 e. The number of rotatable bonds is 5. The number of carbonyl (C=O) groups excluding carboxylic acids is 1. The van der Waals surface area contributed by atoms with Crippen molar-refractivity contribution in [3.05, 3.63) is 77.6 Å². The molecule has 2 aromatic heterocycles. The van der Waals surface area contributed by atoms with Crippen LogP contribution in [0.25, 0.3) is 0 Å². The fourth-order valence-electron chi connectivity index (χ4n) is 3.54. The van der Waals surface area contributed by atoms with Crippen LogP contribution in [0.1, 0.15) is 40.0 Å². The summed E-state index contributed by atoms with van der Waals surface area (Å²) in [5, 5.41) is 10.4. The summed E-state index contributed by atoms with van der Waals surface area (Å²) in [5.74, 6) is 1.52. The first kappa shape index (κ1) is 17.4. The van der Waals surface area contributed by atoms with E-state index in [1.165, 1.54) is 0 Å². The normalized spacial score (nSPS) is 19.9. The Morgan fingerprint density at radius 3 is 2.81 bits per heavy atom. The third-order valence-corrected chi connectivity index (χ3v) is 4.80. The van der Waals surface area contributed by atoms with Gasteiger partial charge in [-0.25, -0.2) is 4.98 Å². The van der Waals surface area contributed by atoms with Crippen LogP contribution in [0.3, 0.4) is 0 Å². The number of aromatic nitrogens is 4. The van der Waals surface area contributed by atoms with Gasteiger partial charge in [0, 0.05) is 37.1 Å². The van der Waals surface area contributed by atoms with E-state index in [0.29, 0.717) is 5.56 Å². The lowest BCUT2D eigenvalue weighted by molar-refractivity contribution is 0.0937. The second-order valence-corrected chi connectivity index (χ2v) is 6.86. The van der Waals surface area contributed by atoms with Crippen molar-refractivity contribution < 1.29 is 4.79 Å². The van der Waals surface area contributed by atoms with Crippen molar-refractivity contribution in [3.63, 3.8) is 0 Å². The highest BCUT2D eigenvalue weighted by molar-refractivity contribution is 5.94. The average Bonchev–Trinajstić information content (AvgIpc) is 3.29. The molecule has 3 heterocycles. The molecule has 7 heteroatoms. The van der Waals surface area contributed by atoms with Crippen LogP contribution in [0, 0.1) is 6.92 Å². The maximum atomic E-state index is 12.5. The molecule has 1 fully saturated rings. The Hall–Kier alpha value is -3.06. The molecule has 1 aliphatic rings. The molecule has 2 atom stereocenters.